The lowest BCUT2D eigenvalue weighted by atomic mass is 9.93. The van der Waals surface area contributed by atoms with E-state index in [2.05, 4.69) is 29.2 Å². The van der Waals surface area contributed by atoms with Crippen LogP contribution in [0.2, 0.25) is 0 Å². The van der Waals surface area contributed by atoms with Gasteiger partial charge in [-0.25, -0.2) is 0 Å². The molecule has 0 aliphatic carbocycles. The molecule has 0 bridgehead atoms. The van der Waals surface area contributed by atoms with Gasteiger partial charge in [0.1, 0.15) is 6.61 Å². The van der Waals surface area contributed by atoms with Gasteiger partial charge in [-0.2, -0.15) is 0 Å². The molecular weight excluding hydrogens is 342 g/mol. The summed E-state index contributed by atoms with van der Waals surface area (Å²) in [5.74, 6) is 0.415. The fourth-order valence-electron chi connectivity index (χ4n) is 4.11. The Morgan fingerprint density at radius 3 is 2.41 bits per heavy atom. The van der Waals surface area contributed by atoms with Crippen molar-refractivity contribution < 1.29 is 14.7 Å². The highest BCUT2D eigenvalue weighted by Gasteiger charge is 2.25. The summed E-state index contributed by atoms with van der Waals surface area (Å²) in [6.07, 6.45) is 3.42. The summed E-state index contributed by atoms with van der Waals surface area (Å²) in [6, 6.07) is 10.5. The van der Waals surface area contributed by atoms with Crippen LogP contribution in [0.15, 0.2) is 30.3 Å². The molecular formula is C21H31N3O3. The zero-order valence-electron chi connectivity index (χ0n) is 16.1. The van der Waals surface area contributed by atoms with Crippen molar-refractivity contribution in [3.05, 3.63) is 35.9 Å². The summed E-state index contributed by atoms with van der Waals surface area (Å²) in [7, 11) is 0. The SMILES string of the molecule is O=C(CCC1CCCN(C(=O)CO)C1)N1CCN(Cc2ccccc2)CC1. The molecule has 2 amide bonds. The normalized spacial score (nSPS) is 21.3. The summed E-state index contributed by atoms with van der Waals surface area (Å²) in [6.45, 7) is 5.37. The Labute approximate surface area is 161 Å². The molecule has 2 saturated heterocycles. The lowest BCUT2D eigenvalue weighted by Crippen LogP contribution is -2.48. The predicted molar refractivity (Wildman–Crippen MR) is 104 cm³/mol. The third-order valence-corrected chi connectivity index (χ3v) is 5.75. The molecule has 1 aromatic rings. The zero-order valence-corrected chi connectivity index (χ0v) is 16.1. The lowest BCUT2D eigenvalue weighted by molar-refractivity contribution is -0.136. The molecule has 0 radical (unpaired) electrons. The molecule has 6 nitrogen and oxygen atoms in total. The Morgan fingerprint density at radius 2 is 1.70 bits per heavy atom. The van der Waals surface area contributed by atoms with Crippen LogP contribution in [0, 0.1) is 5.92 Å². The topological polar surface area (TPSA) is 64.1 Å². The number of amides is 2. The van der Waals surface area contributed by atoms with Crippen molar-refractivity contribution in [1.29, 1.82) is 0 Å². The molecule has 0 saturated carbocycles. The van der Waals surface area contributed by atoms with Gasteiger partial charge in [-0.05, 0) is 30.7 Å². The first-order valence-electron chi connectivity index (χ1n) is 10.1. The first-order chi connectivity index (χ1) is 13.2. The molecule has 1 aromatic carbocycles. The van der Waals surface area contributed by atoms with Crippen LogP contribution in [0.5, 0.6) is 0 Å². The van der Waals surface area contributed by atoms with Crippen molar-refractivity contribution in [1.82, 2.24) is 14.7 Å². The van der Waals surface area contributed by atoms with E-state index < -0.39 is 6.61 Å². The Hall–Kier alpha value is -1.92. The number of piperidine rings is 1. The van der Waals surface area contributed by atoms with E-state index in [9.17, 15) is 9.59 Å². The molecule has 27 heavy (non-hydrogen) atoms. The largest absolute Gasteiger partial charge is 0.387 e. The molecule has 6 heteroatoms. The Morgan fingerprint density at radius 1 is 0.963 bits per heavy atom. The van der Waals surface area contributed by atoms with Crippen molar-refractivity contribution in [2.45, 2.75) is 32.2 Å². The molecule has 2 fully saturated rings. The second-order valence-corrected chi connectivity index (χ2v) is 7.69. The molecule has 1 N–H and O–H groups in total. The van der Waals surface area contributed by atoms with E-state index in [0.717, 1.165) is 58.5 Å². The first-order valence-corrected chi connectivity index (χ1v) is 10.1. The van der Waals surface area contributed by atoms with Crippen molar-refractivity contribution in [3.8, 4) is 0 Å². The third kappa shape index (κ3) is 5.78. The van der Waals surface area contributed by atoms with Crippen LogP contribution in [0.4, 0.5) is 0 Å². The van der Waals surface area contributed by atoms with Crippen LogP contribution in [0.25, 0.3) is 0 Å². The zero-order chi connectivity index (χ0) is 19.1. The average Bonchev–Trinajstić information content (AvgIpc) is 2.73. The molecule has 0 spiro atoms. The van der Waals surface area contributed by atoms with Gasteiger partial charge in [-0.15, -0.1) is 0 Å². The van der Waals surface area contributed by atoms with Gasteiger partial charge in [0.25, 0.3) is 0 Å². The van der Waals surface area contributed by atoms with Crippen molar-refractivity contribution in [2.75, 3.05) is 45.9 Å². The van der Waals surface area contributed by atoms with Gasteiger partial charge in [0, 0.05) is 52.2 Å². The predicted octanol–water partition coefficient (Wildman–Crippen LogP) is 1.34. The van der Waals surface area contributed by atoms with Crippen molar-refractivity contribution in [3.63, 3.8) is 0 Å². The minimum absolute atomic E-state index is 0.194. The van der Waals surface area contributed by atoms with Gasteiger partial charge in [0.05, 0.1) is 0 Å². The Bertz CT molecular complexity index is 614. The van der Waals surface area contributed by atoms with Crippen LogP contribution in [0.1, 0.15) is 31.2 Å². The summed E-state index contributed by atoms with van der Waals surface area (Å²) in [5, 5.41) is 9.02. The Kier molecular flexibility index (Phi) is 7.24. The number of likely N-dealkylation sites (tertiary alicyclic amines) is 1. The van der Waals surface area contributed by atoms with Crippen LogP contribution in [-0.4, -0.2) is 77.5 Å². The van der Waals surface area contributed by atoms with Crippen LogP contribution in [-0.2, 0) is 16.1 Å². The van der Waals surface area contributed by atoms with E-state index in [4.69, 9.17) is 5.11 Å². The maximum atomic E-state index is 12.6. The van der Waals surface area contributed by atoms with Gasteiger partial charge in [-0.3, -0.25) is 14.5 Å². The highest BCUT2D eigenvalue weighted by atomic mass is 16.3. The number of nitrogens with zero attached hydrogens (tertiary/aromatic N) is 3. The first kappa shape index (κ1) is 19.8. The van der Waals surface area contributed by atoms with E-state index in [1.165, 1.54) is 5.56 Å². The highest BCUT2D eigenvalue weighted by molar-refractivity contribution is 5.77. The van der Waals surface area contributed by atoms with Gasteiger partial charge >= 0.3 is 0 Å². The molecule has 1 atom stereocenters. The average molecular weight is 373 g/mol. The van der Waals surface area contributed by atoms with Gasteiger partial charge in [0.2, 0.25) is 11.8 Å². The molecule has 3 rings (SSSR count). The van der Waals surface area contributed by atoms with Crippen LogP contribution in [0.3, 0.4) is 0 Å². The second kappa shape index (κ2) is 9.85. The molecule has 0 aromatic heterocycles. The number of carbonyl (C=O) groups excluding carboxylic acids is 2. The van der Waals surface area contributed by atoms with E-state index in [1.807, 2.05) is 11.0 Å². The third-order valence-electron chi connectivity index (χ3n) is 5.75. The van der Waals surface area contributed by atoms with Crippen LogP contribution < -0.4 is 0 Å². The number of rotatable bonds is 6. The standard InChI is InChI=1S/C21H31N3O3/c25-17-21(27)24-10-4-7-19(16-24)8-9-20(26)23-13-11-22(12-14-23)15-18-5-2-1-3-6-18/h1-3,5-6,19,25H,4,7-17H2. The second-order valence-electron chi connectivity index (χ2n) is 7.69. The maximum absolute atomic E-state index is 12.6. The van der Waals surface area contributed by atoms with E-state index in [0.29, 0.717) is 18.9 Å². The van der Waals surface area contributed by atoms with Gasteiger partial charge in [-0.1, -0.05) is 30.3 Å². The fourth-order valence-corrected chi connectivity index (χ4v) is 4.11. The molecule has 2 aliphatic heterocycles. The number of aliphatic hydroxyl groups is 1. The Balaban J connectivity index is 1.37. The summed E-state index contributed by atoms with van der Waals surface area (Å²) >= 11 is 0. The molecule has 2 aliphatic rings. The molecule has 2 heterocycles. The van der Waals surface area contributed by atoms with E-state index in [1.54, 1.807) is 4.90 Å². The summed E-state index contributed by atoms with van der Waals surface area (Å²) in [4.78, 5) is 30.3. The number of hydrogen-bond acceptors (Lipinski definition) is 4. The fraction of sp³-hybridized carbons (Fsp3) is 0.619. The quantitative estimate of drug-likeness (QED) is 0.817. The smallest absolute Gasteiger partial charge is 0.248 e. The summed E-state index contributed by atoms with van der Waals surface area (Å²) in [5.41, 5.74) is 1.32. The van der Waals surface area contributed by atoms with Gasteiger partial charge in [0.15, 0.2) is 0 Å². The number of benzene rings is 1. The van der Waals surface area contributed by atoms with Crippen LogP contribution >= 0.6 is 0 Å². The maximum Gasteiger partial charge on any atom is 0.248 e. The van der Waals surface area contributed by atoms with Crippen molar-refractivity contribution >= 4 is 11.8 Å². The summed E-state index contributed by atoms with van der Waals surface area (Å²) < 4.78 is 0. The molecule has 1 unspecified atom stereocenters. The number of carbonyl (C=O) groups is 2. The lowest BCUT2D eigenvalue weighted by Gasteiger charge is -2.36. The van der Waals surface area contributed by atoms with Crippen molar-refractivity contribution in [2.24, 2.45) is 5.92 Å². The minimum atomic E-state index is -0.418. The van der Waals surface area contributed by atoms with E-state index >= 15 is 0 Å². The number of aliphatic hydroxyl groups excluding tert-OH is 1. The number of hydrogen-bond donors (Lipinski definition) is 1. The number of piperazine rings is 1. The minimum Gasteiger partial charge on any atom is -0.387 e. The molecule has 148 valence electrons. The van der Waals surface area contributed by atoms with E-state index in [-0.39, 0.29) is 11.8 Å². The highest BCUT2D eigenvalue weighted by Crippen LogP contribution is 2.22. The monoisotopic (exact) mass is 373 g/mol. The van der Waals surface area contributed by atoms with Gasteiger partial charge < -0.3 is 14.9 Å².